The van der Waals surface area contributed by atoms with Gasteiger partial charge in [0.15, 0.2) is 0 Å². The quantitative estimate of drug-likeness (QED) is 0.726. The second-order valence-electron chi connectivity index (χ2n) is 4.85. The van der Waals surface area contributed by atoms with Crippen molar-refractivity contribution in [2.45, 2.75) is 6.54 Å². The number of hydrogen-bond donors (Lipinski definition) is 1. The number of aryl methyl sites for hydroxylation is 1. The molecule has 0 aliphatic heterocycles. The van der Waals surface area contributed by atoms with Crippen LogP contribution >= 0.6 is 0 Å². The summed E-state index contributed by atoms with van der Waals surface area (Å²) in [6.07, 6.45) is 8.37. The van der Waals surface area contributed by atoms with Crippen LogP contribution < -0.4 is 5.32 Å². The number of carbonyl (C=O) groups excluding carboxylic acids is 1. The van der Waals surface area contributed by atoms with E-state index in [0.717, 1.165) is 11.3 Å². The summed E-state index contributed by atoms with van der Waals surface area (Å²) in [7, 11) is 1.90. The molecule has 1 N–H and O–H groups in total. The summed E-state index contributed by atoms with van der Waals surface area (Å²) in [6.45, 7) is 0.174. The van der Waals surface area contributed by atoms with Gasteiger partial charge in [0.25, 0.3) is 0 Å². The Bertz CT molecular complexity index is 820. The van der Waals surface area contributed by atoms with Crippen molar-refractivity contribution in [3.63, 3.8) is 0 Å². The maximum Gasteiger partial charge on any atom is 0.246 e. The Morgan fingerprint density at radius 2 is 2.30 bits per heavy atom. The molecule has 0 aliphatic rings. The predicted molar refractivity (Wildman–Crippen MR) is 83.8 cm³/mol. The van der Waals surface area contributed by atoms with E-state index in [2.05, 4.69) is 20.4 Å². The van der Waals surface area contributed by atoms with Crippen molar-refractivity contribution in [2.75, 3.05) is 0 Å². The summed E-state index contributed by atoms with van der Waals surface area (Å²) < 4.78 is 7.03. The first-order valence-electron chi connectivity index (χ1n) is 7.02. The smallest absolute Gasteiger partial charge is 0.246 e. The van der Waals surface area contributed by atoms with Crippen LogP contribution in [0.3, 0.4) is 0 Å². The Balaban J connectivity index is 1.57. The fraction of sp³-hybridized carbons (Fsp3) is 0.125. The lowest BCUT2D eigenvalue weighted by atomic mass is 10.2. The van der Waals surface area contributed by atoms with E-state index < -0.39 is 0 Å². The van der Waals surface area contributed by atoms with Gasteiger partial charge in [-0.2, -0.15) is 4.98 Å². The average Bonchev–Trinajstić information content (AvgIpc) is 3.20. The molecule has 0 unspecified atom stereocenters. The third kappa shape index (κ3) is 3.70. The van der Waals surface area contributed by atoms with E-state index in [1.54, 1.807) is 24.5 Å². The van der Waals surface area contributed by atoms with Gasteiger partial charge in [-0.05, 0) is 29.8 Å². The average molecular weight is 309 g/mol. The number of aromatic nitrogens is 4. The maximum absolute atomic E-state index is 11.8. The zero-order chi connectivity index (χ0) is 16.1. The van der Waals surface area contributed by atoms with Gasteiger partial charge in [0.05, 0.1) is 12.2 Å². The van der Waals surface area contributed by atoms with Gasteiger partial charge in [-0.25, -0.2) is 0 Å². The van der Waals surface area contributed by atoms with Gasteiger partial charge in [-0.1, -0.05) is 11.2 Å². The summed E-state index contributed by atoms with van der Waals surface area (Å²) in [4.78, 5) is 20.0. The van der Waals surface area contributed by atoms with Crippen molar-refractivity contribution in [1.29, 1.82) is 0 Å². The van der Waals surface area contributed by atoms with Crippen LogP contribution in [0.2, 0.25) is 0 Å². The molecule has 3 aromatic rings. The Morgan fingerprint density at radius 1 is 1.39 bits per heavy atom. The molecule has 0 radical (unpaired) electrons. The van der Waals surface area contributed by atoms with Gasteiger partial charge in [0, 0.05) is 31.7 Å². The van der Waals surface area contributed by atoms with Crippen LogP contribution in [0, 0.1) is 0 Å². The highest BCUT2D eigenvalue weighted by atomic mass is 16.5. The SMILES string of the molecule is Cn1cccc1-c1noc(CNC(=O)C=Cc2cccnc2)n1. The Hall–Kier alpha value is -3.22. The number of nitrogens with one attached hydrogen (secondary N) is 1. The van der Waals surface area contributed by atoms with Gasteiger partial charge in [0.2, 0.25) is 17.6 Å². The number of amides is 1. The topological polar surface area (TPSA) is 85.8 Å². The van der Waals surface area contributed by atoms with Gasteiger partial charge < -0.3 is 14.4 Å². The van der Waals surface area contributed by atoms with Crippen molar-refractivity contribution in [3.05, 3.63) is 60.4 Å². The third-order valence-corrected chi connectivity index (χ3v) is 3.17. The largest absolute Gasteiger partial charge is 0.348 e. The van der Waals surface area contributed by atoms with Crippen LogP contribution in [0.5, 0.6) is 0 Å². The van der Waals surface area contributed by atoms with Gasteiger partial charge in [0.1, 0.15) is 0 Å². The summed E-state index contributed by atoms with van der Waals surface area (Å²) in [5.41, 5.74) is 1.70. The Kier molecular flexibility index (Phi) is 4.28. The molecule has 0 saturated heterocycles. The first-order chi connectivity index (χ1) is 11.2. The van der Waals surface area contributed by atoms with Gasteiger partial charge >= 0.3 is 0 Å². The minimum atomic E-state index is -0.243. The van der Waals surface area contributed by atoms with Crippen LogP contribution in [0.4, 0.5) is 0 Å². The molecule has 3 rings (SSSR count). The molecule has 0 aromatic carbocycles. The van der Waals surface area contributed by atoms with Crippen LogP contribution in [0.1, 0.15) is 11.5 Å². The van der Waals surface area contributed by atoms with Crippen molar-refractivity contribution in [3.8, 4) is 11.5 Å². The predicted octanol–water partition coefficient (Wildman–Crippen LogP) is 1.80. The zero-order valence-electron chi connectivity index (χ0n) is 12.5. The summed E-state index contributed by atoms with van der Waals surface area (Å²) >= 11 is 0. The molecule has 0 saturated carbocycles. The lowest BCUT2D eigenvalue weighted by molar-refractivity contribution is -0.116. The number of nitrogens with zero attached hydrogens (tertiary/aromatic N) is 4. The lowest BCUT2D eigenvalue weighted by Gasteiger charge is -1.97. The van der Waals surface area contributed by atoms with E-state index in [1.165, 1.54) is 6.08 Å². The van der Waals surface area contributed by atoms with E-state index in [1.807, 2.05) is 36.0 Å². The molecule has 0 fully saturated rings. The fourth-order valence-electron chi connectivity index (χ4n) is 1.99. The van der Waals surface area contributed by atoms with Crippen molar-refractivity contribution >= 4 is 12.0 Å². The van der Waals surface area contributed by atoms with Gasteiger partial charge in [-0.3, -0.25) is 9.78 Å². The standard InChI is InChI=1S/C16H15N5O2/c1-21-9-3-5-13(21)16-19-15(23-20-16)11-18-14(22)7-6-12-4-2-8-17-10-12/h2-10H,11H2,1H3,(H,18,22). The van der Waals surface area contributed by atoms with E-state index in [-0.39, 0.29) is 12.5 Å². The van der Waals surface area contributed by atoms with E-state index in [9.17, 15) is 4.79 Å². The van der Waals surface area contributed by atoms with Crippen LogP contribution in [-0.4, -0.2) is 25.6 Å². The fourth-order valence-corrected chi connectivity index (χ4v) is 1.99. The van der Waals surface area contributed by atoms with Crippen LogP contribution in [0.15, 0.2) is 53.5 Å². The zero-order valence-corrected chi connectivity index (χ0v) is 12.5. The van der Waals surface area contributed by atoms with Crippen LogP contribution in [0.25, 0.3) is 17.6 Å². The molecule has 3 heterocycles. The molecular formula is C16H15N5O2. The number of carbonyl (C=O) groups is 1. The lowest BCUT2D eigenvalue weighted by Crippen LogP contribution is -2.20. The third-order valence-electron chi connectivity index (χ3n) is 3.17. The second kappa shape index (κ2) is 6.69. The highest BCUT2D eigenvalue weighted by Gasteiger charge is 2.11. The molecule has 7 nitrogen and oxygen atoms in total. The second-order valence-corrected chi connectivity index (χ2v) is 4.85. The Morgan fingerprint density at radius 3 is 3.04 bits per heavy atom. The normalized spacial score (nSPS) is 11.0. The monoisotopic (exact) mass is 309 g/mol. The minimum Gasteiger partial charge on any atom is -0.348 e. The molecule has 23 heavy (non-hydrogen) atoms. The molecule has 0 atom stereocenters. The molecule has 0 bridgehead atoms. The molecule has 116 valence electrons. The van der Waals surface area contributed by atoms with Crippen LogP contribution in [-0.2, 0) is 18.4 Å². The highest BCUT2D eigenvalue weighted by Crippen LogP contribution is 2.15. The maximum atomic E-state index is 11.8. The Labute approximate surface area is 132 Å². The summed E-state index contributed by atoms with van der Waals surface area (Å²) in [5, 5.41) is 6.60. The number of hydrogen-bond acceptors (Lipinski definition) is 5. The molecule has 3 aromatic heterocycles. The molecule has 0 spiro atoms. The summed E-state index contributed by atoms with van der Waals surface area (Å²) in [6, 6.07) is 7.46. The molecule has 0 aliphatic carbocycles. The minimum absolute atomic E-state index is 0.174. The van der Waals surface area contributed by atoms with Crippen molar-refractivity contribution in [1.82, 2.24) is 25.0 Å². The first-order valence-corrected chi connectivity index (χ1v) is 7.02. The van der Waals surface area contributed by atoms with Gasteiger partial charge in [-0.15, -0.1) is 0 Å². The van der Waals surface area contributed by atoms with Crippen molar-refractivity contribution in [2.24, 2.45) is 7.05 Å². The molecular weight excluding hydrogens is 294 g/mol. The molecule has 7 heteroatoms. The van der Waals surface area contributed by atoms with Crippen molar-refractivity contribution < 1.29 is 9.32 Å². The number of rotatable bonds is 5. The van der Waals surface area contributed by atoms with E-state index in [4.69, 9.17) is 4.52 Å². The molecule has 1 amide bonds. The number of pyridine rings is 1. The highest BCUT2D eigenvalue weighted by molar-refractivity contribution is 5.91. The first kappa shape index (κ1) is 14.7. The van der Waals surface area contributed by atoms with E-state index >= 15 is 0 Å². The summed E-state index contributed by atoms with van der Waals surface area (Å²) in [5.74, 6) is 0.601. The van der Waals surface area contributed by atoms with E-state index in [0.29, 0.717) is 11.7 Å².